The van der Waals surface area contributed by atoms with Crippen LogP contribution < -0.4 is 5.32 Å². The number of rotatable bonds is 1. The van der Waals surface area contributed by atoms with Crippen molar-refractivity contribution in [2.24, 2.45) is 0 Å². The highest BCUT2D eigenvalue weighted by atomic mass is 35.5. The minimum absolute atomic E-state index is 0. The van der Waals surface area contributed by atoms with Gasteiger partial charge in [-0.2, -0.15) is 5.10 Å². The lowest BCUT2D eigenvalue weighted by atomic mass is 10.1. The smallest absolute Gasteiger partial charge is 0.0667 e. The van der Waals surface area contributed by atoms with Gasteiger partial charge in [0.05, 0.1) is 5.69 Å². The van der Waals surface area contributed by atoms with Gasteiger partial charge < -0.3 is 5.32 Å². The van der Waals surface area contributed by atoms with Gasteiger partial charge in [0.2, 0.25) is 0 Å². The van der Waals surface area contributed by atoms with E-state index in [2.05, 4.69) is 22.4 Å². The maximum atomic E-state index is 4.25. The molecule has 0 aromatic carbocycles. The second-order valence-electron chi connectivity index (χ2n) is 2.91. The Morgan fingerprint density at radius 1 is 1.38 bits per heavy atom. The Bertz CT molecular complexity index is 246. The Labute approximate surface area is 90.5 Å². The second kappa shape index (κ2) is 5.47. The van der Waals surface area contributed by atoms with E-state index in [9.17, 15) is 0 Å². The van der Waals surface area contributed by atoms with E-state index in [1.54, 1.807) is 0 Å². The molecule has 0 saturated carbocycles. The largest absolute Gasteiger partial charge is 0.312 e. The zero-order valence-corrected chi connectivity index (χ0v) is 9.23. The molecule has 0 saturated heterocycles. The van der Waals surface area contributed by atoms with E-state index < -0.39 is 0 Å². The Morgan fingerprint density at radius 3 is 2.85 bits per heavy atom. The van der Waals surface area contributed by atoms with Crippen LogP contribution in [-0.2, 0) is 19.4 Å². The molecule has 0 spiro atoms. The van der Waals surface area contributed by atoms with Gasteiger partial charge in [0.1, 0.15) is 0 Å². The standard InChI is InChI=1S/C8H13N3.2ClH/c1-2-7-6-5-9-4-3-8(6)11-10-7;;/h9H,2-5H2,1H3,(H,10,11);2*1H. The summed E-state index contributed by atoms with van der Waals surface area (Å²) in [6.45, 7) is 4.22. The second-order valence-corrected chi connectivity index (χ2v) is 2.91. The minimum Gasteiger partial charge on any atom is -0.312 e. The fraction of sp³-hybridized carbons (Fsp3) is 0.625. The van der Waals surface area contributed by atoms with Crippen molar-refractivity contribution in [2.75, 3.05) is 6.54 Å². The molecule has 1 aliphatic rings. The highest BCUT2D eigenvalue weighted by Crippen LogP contribution is 2.14. The van der Waals surface area contributed by atoms with Crippen LogP contribution in [0, 0.1) is 0 Å². The van der Waals surface area contributed by atoms with Crippen LogP contribution in [-0.4, -0.2) is 16.7 Å². The van der Waals surface area contributed by atoms with Crippen molar-refractivity contribution in [3.05, 3.63) is 17.0 Å². The predicted molar refractivity (Wildman–Crippen MR) is 57.9 cm³/mol. The number of aromatic nitrogens is 2. The van der Waals surface area contributed by atoms with E-state index in [0.717, 1.165) is 25.9 Å². The SMILES string of the molecule is CCc1n[nH]c2c1CNCC2.Cl.Cl. The number of aryl methyl sites for hydroxylation is 1. The topological polar surface area (TPSA) is 40.7 Å². The molecule has 0 aliphatic carbocycles. The molecule has 0 radical (unpaired) electrons. The van der Waals surface area contributed by atoms with E-state index in [1.165, 1.54) is 17.0 Å². The van der Waals surface area contributed by atoms with Gasteiger partial charge in [0, 0.05) is 30.8 Å². The van der Waals surface area contributed by atoms with Crippen molar-refractivity contribution in [1.82, 2.24) is 15.5 Å². The molecule has 2 rings (SSSR count). The lowest BCUT2D eigenvalue weighted by Crippen LogP contribution is -2.23. The molecule has 0 unspecified atom stereocenters. The molecule has 0 bridgehead atoms. The van der Waals surface area contributed by atoms with E-state index >= 15 is 0 Å². The third-order valence-electron chi connectivity index (χ3n) is 2.23. The average Bonchev–Trinajstić information content (AvgIpc) is 2.47. The molecule has 1 aliphatic heterocycles. The summed E-state index contributed by atoms with van der Waals surface area (Å²) < 4.78 is 0. The first-order chi connectivity index (χ1) is 5.42. The molecule has 1 aromatic rings. The van der Waals surface area contributed by atoms with Crippen LogP contribution in [0.15, 0.2) is 0 Å². The van der Waals surface area contributed by atoms with Gasteiger partial charge >= 0.3 is 0 Å². The number of aromatic amines is 1. The highest BCUT2D eigenvalue weighted by Gasteiger charge is 2.14. The zero-order valence-electron chi connectivity index (χ0n) is 7.59. The molecular weight excluding hydrogens is 209 g/mol. The molecule has 3 nitrogen and oxygen atoms in total. The fourth-order valence-corrected chi connectivity index (χ4v) is 1.58. The van der Waals surface area contributed by atoms with Crippen LogP contribution in [0.2, 0.25) is 0 Å². The Balaban J connectivity index is 0.000000720. The normalized spacial score (nSPS) is 13.9. The molecule has 0 amide bonds. The first kappa shape index (κ1) is 12.8. The molecule has 5 heteroatoms. The molecule has 2 N–H and O–H groups in total. The van der Waals surface area contributed by atoms with Crippen molar-refractivity contribution in [2.45, 2.75) is 26.3 Å². The van der Waals surface area contributed by atoms with Crippen LogP contribution in [0.4, 0.5) is 0 Å². The summed E-state index contributed by atoms with van der Waals surface area (Å²) in [7, 11) is 0. The van der Waals surface area contributed by atoms with Crippen LogP contribution in [0.5, 0.6) is 0 Å². The molecule has 0 fully saturated rings. The van der Waals surface area contributed by atoms with E-state index in [1.807, 2.05) is 0 Å². The Kier molecular flexibility index (Phi) is 5.37. The van der Waals surface area contributed by atoms with Gasteiger partial charge in [0.25, 0.3) is 0 Å². The summed E-state index contributed by atoms with van der Waals surface area (Å²) in [5.41, 5.74) is 3.96. The molecule has 76 valence electrons. The highest BCUT2D eigenvalue weighted by molar-refractivity contribution is 5.85. The number of hydrogen-bond acceptors (Lipinski definition) is 2. The number of halogens is 2. The maximum Gasteiger partial charge on any atom is 0.0667 e. The monoisotopic (exact) mass is 223 g/mol. The van der Waals surface area contributed by atoms with Gasteiger partial charge in [-0.15, -0.1) is 24.8 Å². The minimum atomic E-state index is 0. The molecule has 1 aromatic heterocycles. The van der Waals surface area contributed by atoms with Crippen LogP contribution in [0.3, 0.4) is 0 Å². The third-order valence-corrected chi connectivity index (χ3v) is 2.23. The zero-order chi connectivity index (χ0) is 7.68. The van der Waals surface area contributed by atoms with Crippen LogP contribution in [0.1, 0.15) is 23.9 Å². The van der Waals surface area contributed by atoms with Crippen molar-refractivity contribution >= 4 is 24.8 Å². The summed E-state index contributed by atoms with van der Waals surface area (Å²) in [6, 6.07) is 0. The lowest BCUT2D eigenvalue weighted by molar-refractivity contribution is 0.634. The number of hydrogen-bond donors (Lipinski definition) is 2. The van der Waals surface area contributed by atoms with Gasteiger partial charge in [0.15, 0.2) is 0 Å². The molecule has 2 heterocycles. The van der Waals surface area contributed by atoms with Gasteiger partial charge in [-0.25, -0.2) is 0 Å². The van der Waals surface area contributed by atoms with Crippen molar-refractivity contribution < 1.29 is 0 Å². The summed E-state index contributed by atoms with van der Waals surface area (Å²) in [5.74, 6) is 0. The van der Waals surface area contributed by atoms with Crippen LogP contribution >= 0.6 is 24.8 Å². The summed E-state index contributed by atoms with van der Waals surface area (Å²) in [6.07, 6.45) is 2.13. The van der Waals surface area contributed by atoms with Gasteiger partial charge in [-0.3, -0.25) is 5.10 Å². The summed E-state index contributed by atoms with van der Waals surface area (Å²) in [4.78, 5) is 0. The predicted octanol–water partition coefficient (Wildman–Crippen LogP) is 1.46. The number of nitrogens with one attached hydrogen (secondary N) is 2. The van der Waals surface area contributed by atoms with Crippen molar-refractivity contribution in [3.8, 4) is 0 Å². The van der Waals surface area contributed by atoms with Crippen LogP contribution in [0.25, 0.3) is 0 Å². The number of nitrogens with zero attached hydrogens (tertiary/aromatic N) is 1. The van der Waals surface area contributed by atoms with E-state index in [0.29, 0.717) is 0 Å². The first-order valence-corrected chi connectivity index (χ1v) is 4.17. The Morgan fingerprint density at radius 2 is 2.15 bits per heavy atom. The average molecular weight is 224 g/mol. The lowest BCUT2D eigenvalue weighted by Gasteiger charge is -2.12. The number of H-pyrrole nitrogens is 1. The maximum absolute atomic E-state index is 4.25. The Hall–Kier alpha value is -0.250. The van der Waals surface area contributed by atoms with Crippen molar-refractivity contribution in [1.29, 1.82) is 0 Å². The van der Waals surface area contributed by atoms with E-state index in [-0.39, 0.29) is 24.8 Å². The molecular formula is C8H15Cl2N3. The summed E-state index contributed by atoms with van der Waals surface area (Å²) in [5, 5.41) is 10.7. The van der Waals surface area contributed by atoms with Gasteiger partial charge in [-0.05, 0) is 6.42 Å². The fourth-order valence-electron chi connectivity index (χ4n) is 1.58. The molecule has 0 atom stereocenters. The van der Waals surface area contributed by atoms with Gasteiger partial charge in [-0.1, -0.05) is 6.92 Å². The molecule has 13 heavy (non-hydrogen) atoms. The third kappa shape index (κ3) is 2.36. The number of fused-ring (bicyclic) bond motifs is 1. The summed E-state index contributed by atoms with van der Waals surface area (Å²) >= 11 is 0. The first-order valence-electron chi connectivity index (χ1n) is 4.17. The quantitative estimate of drug-likeness (QED) is 0.758. The van der Waals surface area contributed by atoms with Crippen molar-refractivity contribution in [3.63, 3.8) is 0 Å². The van der Waals surface area contributed by atoms with E-state index in [4.69, 9.17) is 0 Å².